The fourth-order valence-corrected chi connectivity index (χ4v) is 0.408. The summed E-state index contributed by atoms with van der Waals surface area (Å²) in [6.45, 7) is -0.474. The van der Waals surface area contributed by atoms with Crippen molar-refractivity contribution in [1.29, 1.82) is 5.26 Å². The summed E-state index contributed by atoms with van der Waals surface area (Å²) >= 11 is 0. The van der Waals surface area contributed by atoms with Crippen LogP contribution in [0.15, 0.2) is 5.16 Å². The first kappa shape index (κ1) is 11.9. The summed E-state index contributed by atoms with van der Waals surface area (Å²) in [5.41, 5.74) is -0.573. The third kappa shape index (κ3) is 4.06. The van der Waals surface area contributed by atoms with Gasteiger partial charge < -0.3 is 14.3 Å². The molecule has 0 fully saturated rings. The third-order valence-electron chi connectivity index (χ3n) is 1.05. The highest BCUT2D eigenvalue weighted by atomic mass is 16.7. The molecule has 0 saturated carbocycles. The van der Waals surface area contributed by atoms with Crippen LogP contribution < -0.4 is 0 Å². The van der Waals surface area contributed by atoms with Crippen molar-refractivity contribution in [2.24, 2.45) is 5.16 Å². The molecule has 0 rings (SSSR count). The van der Waals surface area contributed by atoms with Crippen LogP contribution in [0.4, 0.5) is 0 Å². The van der Waals surface area contributed by atoms with Gasteiger partial charge in [0.15, 0.2) is 0 Å². The lowest BCUT2D eigenvalue weighted by Gasteiger charge is -1.97. The van der Waals surface area contributed by atoms with E-state index in [-0.39, 0.29) is 0 Å². The second-order valence-corrected chi connectivity index (χ2v) is 1.89. The summed E-state index contributed by atoms with van der Waals surface area (Å²) in [5.74, 6) is -1.60. The Balaban J connectivity index is 4.15. The first-order chi connectivity index (χ1) is 6.65. The van der Waals surface area contributed by atoms with Gasteiger partial charge >= 0.3 is 11.9 Å². The van der Waals surface area contributed by atoms with Crippen LogP contribution >= 0.6 is 0 Å². The van der Waals surface area contributed by atoms with Crippen molar-refractivity contribution in [3.05, 3.63) is 0 Å². The largest absolute Gasteiger partial charge is 0.466 e. The third-order valence-corrected chi connectivity index (χ3v) is 1.05. The van der Waals surface area contributed by atoms with Crippen molar-refractivity contribution < 1.29 is 23.9 Å². The first-order valence-electron chi connectivity index (χ1n) is 3.41. The molecule has 0 radical (unpaired) electrons. The molecule has 0 aromatic heterocycles. The van der Waals surface area contributed by atoms with Crippen molar-refractivity contribution >= 4 is 17.7 Å². The minimum Gasteiger partial charge on any atom is -0.466 e. The molecule has 0 aliphatic rings. The predicted octanol–water partition coefficient (Wildman–Crippen LogP) is -0.771. The minimum absolute atomic E-state index is 0.474. The number of nitrogens with zero attached hydrogens (tertiary/aromatic N) is 2. The zero-order valence-corrected chi connectivity index (χ0v) is 7.64. The SMILES string of the molecule is COC(=O)CON=C(C#N)C(=O)OC. The highest BCUT2D eigenvalue weighted by molar-refractivity contribution is 6.42. The average molecular weight is 200 g/mol. The molecule has 76 valence electrons. The van der Waals surface area contributed by atoms with Gasteiger partial charge in [0.25, 0.3) is 5.71 Å². The van der Waals surface area contributed by atoms with E-state index in [9.17, 15) is 9.59 Å². The number of carbonyl (C=O) groups is 2. The lowest BCUT2D eigenvalue weighted by Crippen LogP contribution is -2.15. The van der Waals surface area contributed by atoms with Gasteiger partial charge in [-0.1, -0.05) is 5.16 Å². The van der Waals surface area contributed by atoms with Crippen LogP contribution in [0.1, 0.15) is 0 Å². The highest BCUT2D eigenvalue weighted by Gasteiger charge is 2.11. The Morgan fingerprint density at radius 2 is 2.00 bits per heavy atom. The average Bonchev–Trinajstić information content (AvgIpc) is 2.22. The Kier molecular flexibility index (Phi) is 5.46. The number of esters is 2. The van der Waals surface area contributed by atoms with E-state index in [1.54, 1.807) is 0 Å². The summed E-state index contributed by atoms with van der Waals surface area (Å²) in [4.78, 5) is 25.6. The number of nitriles is 1. The maximum atomic E-state index is 10.7. The van der Waals surface area contributed by atoms with E-state index in [0.29, 0.717) is 0 Å². The molecule has 0 bridgehead atoms. The second kappa shape index (κ2) is 6.42. The van der Waals surface area contributed by atoms with Crippen molar-refractivity contribution in [2.45, 2.75) is 0 Å². The van der Waals surface area contributed by atoms with Crippen molar-refractivity contribution in [2.75, 3.05) is 20.8 Å². The molecule has 0 saturated heterocycles. The van der Waals surface area contributed by atoms with Crippen molar-refractivity contribution in [3.63, 3.8) is 0 Å². The molecular weight excluding hydrogens is 192 g/mol. The standard InChI is InChI=1S/C7H8N2O5/c1-12-6(10)4-14-9-5(3-8)7(11)13-2/h4H2,1-2H3. The van der Waals surface area contributed by atoms with Crippen molar-refractivity contribution in [3.8, 4) is 6.07 Å². The first-order valence-corrected chi connectivity index (χ1v) is 3.41. The van der Waals surface area contributed by atoms with Crippen LogP contribution in [-0.4, -0.2) is 38.5 Å². The molecule has 0 spiro atoms. The quantitative estimate of drug-likeness (QED) is 0.335. The summed E-state index contributed by atoms with van der Waals surface area (Å²) in [6, 6.07) is 1.44. The van der Waals surface area contributed by atoms with Gasteiger partial charge in [0.1, 0.15) is 6.07 Å². The van der Waals surface area contributed by atoms with Crippen LogP contribution in [0.5, 0.6) is 0 Å². The molecule has 0 aliphatic heterocycles. The van der Waals surface area contributed by atoms with Gasteiger partial charge in [-0.3, -0.25) is 0 Å². The molecule has 7 nitrogen and oxygen atoms in total. The molecule has 7 heteroatoms. The van der Waals surface area contributed by atoms with Crippen LogP contribution in [0.3, 0.4) is 0 Å². The van der Waals surface area contributed by atoms with Gasteiger partial charge in [0.2, 0.25) is 6.61 Å². The Labute approximate surface area is 79.8 Å². The molecule has 0 aliphatic carbocycles. The minimum atomic E-state index is -0.933. The molecule has 0 amide bonds. The van der Waals surface area contributed by atoms with Crippen molar-refractivity contribution in [1.82, 2.24) is 0 Å². The van der Waals surface area contributed by atoms with Crippen LogP contribution in [0.2, 0.25) is 0 Å². The van der Waals surface area contributed by atoms with E-state index >= 15 is 0 Å². The summed E-state index contributed by atoms with van der Waals surface area (Å²) in [7, 11) is 2.26. The number of oxime groups is 1. The molecule has 0 aromatic rings. The van der Waals surface area contributed by atoms with Gasteiger partial charge in [-0.2, -0.15) is 5.26 Å². The number of rotatable bonds is 4. The van der Waals surface area contributed by atoms with E-state index in [0.717, 1.165) is 7.11 Å². The lowest BCUT2D eigenvalue weighted by molar-refractivity contribution is -0.146. The summed E-state index contributed by atoms with van der Waals surface area (Å²) in [5, 5.41) is 11.5. The van der Waals surface area contributed by atoms with Gasteiger partial charge in [-0.05, 0) is 0 Å². The number of carbonyl (C=O) groups excluding carboxylic acids is 2. The number of hydrogen-bond acceptors (Lipinski definition) is 7. The van der Waals surface area contributed by atoms with E-state index in [4.69, 9.17) is 5.26 Å². The zero-order chi connectivity index (χ0) is 11.0. The molecule has 0 N–H and O–H groups in total. The number of hydrogen-bond donors (Lipinski definition) is 0. The Morgan fingerprint density at radius 3 is 2.43 bits per heavy atom. The fraction of sp³-hybridized carbons (Fsp3) is 0.429. The Hall–Kier alpha value is -2.10. The van der Waals surface area contributed by atoms with Crippen LogP contribution in [0.25, 0.3) is 0 Å². The molecule has 14 heavy (non-hydrogen) atoms. The maximum absolute atomic E-state index is 10.7. The lowest BCUT2D eigenvalue weighted by atomic mass is 10.4. The van der Waals surface area contributed by atoms with Crippen LogP contribution in [-0.2, 0) is 23.9 Å². The molecule has 0 unspecified atom stereocenters. The van der Waals surface area contributed by atoms with E-state index in [1.807, 2.05) is 0 Å². The van der Waals surface area contributed by atoms with Gasteiger partial charge in [-0.25, -0.2) is 9.59 Å². The predicted molar refractivity (Wildman–Crippen MR) is 43.0 cm³/mol. The molecule has 0 aromatic carbocycles. The smallest absolute Gasteiger partial charge is 0.371 e. The van der Waals surface area contributed by atoms with E-state index in [1.165, 1.54) is 13.2 Å². The topological polar surface area (TPSA) is 98.0 Å². The van der Waals surface area contributed by atoms with E-state index in [2.05, 4.69) is 19.5 Å². The normalized spacial score (nSPS) is 9.93. The second-order valence-electron chi connectivity index (χ2n) is 1.89. The Morgan fingerprint density at radius 1 is 1.36 bits per heavy atom. The van der Waals surface area contributed by atoms with Gasteiger partial charge in [-0.15, -0.1) is 0 Å². The van der Waals surface area contributed by atoms with Crippen LogP contribution in [0, 0.1) is 11.3 Å². The number of ether oxygens (including phenoxy) is 2. The van der Waals surface area contributed by atoms with Gasteiger partial charge in [0.05, 0.1) is 14.2 Å². The Bertz CT molecular complexity index is 291. The highest BCUT2D eigenvalue weighted by Crippen LogP contribution is 1.86. The number of methoxy groups -OCH3 is 2. The fourth-order valence-electron chi connectivity index (χ4n) is 0.408. The monoisotopic (exact) mass is 200 g/mol. The summed E-state index contributed by atoms with van der Waals surface area (Å²) in [6.07, 6.45) is 0. The van der Waals surface area contributed by atoms with E-state index < -0.39 is 24.3 Å². The summed E-state index contributed by atoms with van der Waals surface area (Å²) < 4.78 is 8.42. The maximum Gasteiger partial charge on any atom is 0.371 e. The van der Waals surface area contributed by atoms with Gasteiger partial charge in [0, 0.05) is 0 Å². The zero-order valence-electron chi connectivity index (χ0n) is 7.64. The molecular formula is C7H8N2O5. The molecule has 0 heterocycles. The molecule has 0 atom stereocenters.